The van der Waals surface area contributed by atoms with Crippen LogP contribution in [0.15, 0.2) is 24.5 Å². The summed E-state index contributed by atoms with van der Waals surface area (Å²) in [6.45, 7) is 2.03. The highest BCUT2D eigenvalue weighted by Gasteiger charge is 2.32. The molecule has 0 aliphatic carbocycles. The molecule has 3 heterocycles. The molecule has 2 aromatic heterocycles. The summed E-state index contributed by atoms with van der Waals surface area (Å²) in [6.07, 6.45) is 5.86. The van der Waals surface area contributed by atoms with Crippen molar-refractivity contribution in [3.05, 3.63) is 35.9 Å². The van der Waals surface area contributed by atoms with Crippen LogP contribution < -0.4 is 0 Å². The van der Waals surface area contributed by atoms with Gasteiger partial charge < -0.3 is 4.40 Å². The summed E-state index contributed by atoms with van der Waals surface area (Å²) in [5.74, 6) is 1.18. The number of hydrogen-bond donors (Lipinski definition) is 0. The Bertz CT molecular complexity index is 688. The third-order valence-corrected chi connectivity index (χ3v) is 6.01. The molecule has 1 aliphatic rings. The Balaban J connectivity index is 1.99. The first-order chi connectivity index (χ1) is 8.58. The summed E-state index contributed by atoms with van der Waals surface area (Å²) < 4.78 is 25.7. The van der Waals surface area contributed by atoms with Crippen molar-refractivity contribution in [3.63, 3.8) is 0 Å². The highest BCUT2D eigenvalue weighted by atomic mass is 32.2. The maximum atomic E-state index is 11.9. The first kappa shape index (κ1) is 11.7. The predicted molar refractivity (Wildman–Crippen MR) is 70.4 cm³/mol. The highest BCUT2D eigenvalue weighted by Crippen LogP contribution is 2.24. The molecule has 5 heteroatoms. The fourth-order valence-electron chi connectivity index (χ4n) is 2.66. The number of pyridine rings is 1. The van der Waals surface area contributed by atoms with Gasteiger partial charge in [-0.15, -0.1) is 0 Å². The van der Waals surface area contributed by atoms with Crippen LogP contribution in [0.3, 0.4) is 0 Å². The van der Waals surface area contributed by atoms with Crippen molar-refractivity contribution < 1.29 is 8.42 Å². The molecule has 3 rings (SSSR count). The zero-order valence-corrected chi connectivity index (χ0v) is 11.2. The third kappa shape index (κ3) is 1.82. The fourth-order valence-corrected chi connectivity index (χ4v) is 4.49. The number of aryl methyl sites for hydroxylation is 1. The van der Waals surface area contributed by atoms with Gasteiger partial charge in [0, 0.05) is 12.6 Å². The smallest absolute Gasteiger partial charge is 0.153 e. The zero-order valence-electron chi connectivity index (χ0n) is 10.3. The second-order valence-electron chi connectivity index (χ2n) is 4.96. The average Bonchev–Trinajstić information content (AvgIpc) is 2.86. The van der Waals surface area contributed by atoms with E-state index in [2.05, 4.69) is 4.98 Å². The van der Waals surface area contributed by atoms with Crippen LogP contribution in [-0.2, 0) is 16.3 Å². The van der Waals surface area contributed by atoms with Crippen molar-refractivity contribution in [3.8, 4) is 0 Å². The Morgan fingerprint density at radius 1 is 1.50 bits per heavy atom. The van der Waals surface area contributed by atoms with Crippen LogP contribution in [0, 0.1) is 6.92 Å². The number of hydrogen-bond acceptors (Lipinski definition) is 3. The monoisotopic (exact) mass is 264 g/mol. The van der Waals surface area contributed by atoms with Crippen molar-refractivity contribution in [1.29, 1.82) is 0 Å². The summed E-state index contributed by atoms with van der Waals surface area (Å²) in [6, 6.07) is 4.00. The molecule has 1 atom stereocenters. The van der Waals surface area contributed by atoms with Crippen LogP contribution in [0.1, 0.15) is 24.2 Å². The van der Waals surface area contributed by atoms with Gasteiger partial charge in [-0.3, -0.25) is 0 Å². The molecule has 2 aromatic rings. The van der Waals surface area contributed by atoms with Crippen LogP contribution in [0.5, 0.6) is 0 Å². The van der Waals surface area contributed by atoms with Crippen LogP contribution in [0.4, 0.5) is 0 Å². The van der Waals surface area contributed by atoms with E-state index in [1.165, 1.54) is 0 Å². The number of sulfone groups is 1. The molecule has 1 aliphatic heterocycles. The van der Waals surface area contributed by atoms with Gasteiger partial charge in [0.05, 0.1) is 22.7 Å². The standard InChI is InChI=1S/C13H16N2O2S/c1-10-4-2-6-15-12(10)9-14-13(15)8-11-5-3-7-18(11,16)17/h2,4,6,9,11H,3,5,7-8H2,1H3. The molecular weight excluding hydrogens is 248 g/mol. The molecule has 1 saturated heterocycles. The van der Waals surface area contributed by atoms with E-state index in [0.29, 0.717) is 12.2 Å². The summed E-state index contributed by atoms with van der Waals surface area (Å²) in [4.78, 5) is 4.38. The number of aromatic nitrogens is 2. The second kappa shape index (κ2) is 4.09. The Morgan fingerprint density at radius 3 is 3.06 bits per heavy atom. The normalized spacial score (nSPS) is 22.6. The minimum absolute atomic E-state index is 0.247. The lowest BCUT2D eigenvalue weighted by Gasteiger charge is -2.08. The lowest BCUT2D eigenvalue weighted by atomic mass is 10.2. The lowest BCUT2D eigenvalue weighted by molar-refractivity contribution is 0.586. The first-order valence-corrected chi connectivity index (χ1v) is 7.92. The van der Waals surface area contributed by atoms with Gasteiger partial charge >= 0.3 is 0 Å². The van der Waals surface area contributed by atoms with Crippen molar-refractivity contribution in [1.82, 2.24) is 9.38 Å². The van der Waals surface area contributed by atoms with Gasteiger partial charge in [-0.25, -0.2) is 13.4 Å². The molecule has 1 fully saturated rings. The van der Waals surface area contributed by atoms with E-state index in [0.717, 1.165) is 29.7 Å². The van der Waals surface area contributed by atoms with Gasteiger partial charge in [-0.05, 0) is 31.4 Å². The fraction of sp³-hybridized carbons (Fsp3) is 0.462. The molecule has 0 spiro atoms. The number of fused-ring (bicyclic) bond motifs is 1. The van der Waals surface area contributed by atoms with E-state index in [-0.39, 0.29) is 5.25 Å². The lowest BCUT2D eigenvalue weighted by Crippen LogP contribution is -2.19. The minimum Gasteiger partial charge on any atom is -0.303 e. The molecule has 96 valence electrons. The zero-order chi connectivity index (χ0) is 12.8. The number of nitrogens with zero attached hydrogens (tertiary/aromatic N) is 2. The van der Waals surface area contributed by atoms with E-state index in [1.54, 1.807) is 0 Å². The topological polar surface area (TPSA) is 51.4 Å². The number of imidazole rings is 1. The Labute approximate surface area is 107 Å². The molecule has 0 amide bonds. The van der Waals surface area contributed by atoms with Crippen LogP contribution in [0.25, 0.3) is 5.52 Å². The van der Waals surface area contributed by atoms with E-state index in [9.17, 15) is 8.42 Å². The quantitative estimate of drug-likeness (QED) is 0.830. The van der Waals surface area contributed by atoms with Gasteiger partial charge in [0.25, 0.3) is 0 Å². The molecule has 0 N–H and O–H groups in total. The predicted octanol–water partition coefficient (Wildman–Crippen LogP) is 1.76. The van der Waals surface area contributed by atoms with Crippen LogP contribution in [0.2, 0.25) is 0 Å². The van der Waals surface area contributed by atoms with Gasteiger partial charge in [0.2, 0.25) is 0 Å². The van der Waals surface area contributed by atoms with Crippen molar-refractivity contribution >= 4 is 15.4 Å². The Kier molecular flexibility index (Phi) is 2.66. The second-order valence-corrected chi connectivity index (χ2v) is 7.36. The maximum absolute atomic E-state index is 11.9. The SMILES string of the molecule is Cc1cccn2c(CC3CCCS3(=O)=O)ncc12. The van der Waals surface area contributed by atoms with Crippen molar-refractivity contribution in [2.45, 2.75) is 31.4 Å². The highest BCUT2D eigenvalue weighted by molar-refractivity contribution is 7.92. The van der Waals surface area contributed by atoms with Gasteiger partial charge in [-0.2, -0.15) is 0 Å². The summed E-state index contributed by atoms with van der Waals surface area (Å²) in [7, 11) is -2.90. The molecule has 18 heavy (non-hydrogen) atoms. The van der Waals surface area contributed by atoms with Crippen molar-refractivity contribution in [2.75, 3.05) is 5.75 Å². The number of rotatable bonds is 2. The third-order valence-electron chi connectivity index (χ3n) is 3.73. The minimum atomic E-state index is -2.90. The van der Waals surface area contributed by atoms with E-state index < -0.39 is 9.84 Å². The van der Waals surface area contributed by atoms with Crippen LogP contribution >= 0.6 is 0 Å². The molecule has 1 unspecified atom stereocenters. The largest absolute Gasteiger partial charge is 0.303 e. The summed E-state index contributed by atoms with van der Waals surface area (Å²) >= 11 is 0. The van der Waals surface area contributed by atoms with Crippen molar-refractivity contribution in [2.24, 2.45) is 0 Å². The summed E-state index contributed by atoms with van der Waals surface area (Å²) in [5.41, 5.74) is 2.22. The van der Waals surface area contributed by atoms with E-state index in [4.69, 9.17) is 0 Å². The molecule has 0 radical (unpaired) electrons. The van der Waals surface area contributed by atoms with E-state index >= 15 is 0 Å². The molecule has 0 saturated carbocycles. The summed E-state index contributed by atoms with van der Waals surface area (Å²) in [5, 5.41) is -0.247. The van der Waals surface area contributed by atoms with Gasteiger partial charge in [-0.1, -0.05) is 6.07 Å². The molecule has 0 aromatic carbocycles. The first-order valence-electron chi connectivity index (χ1n) is 6.21. The van der Waals surface area contributed by atoms with E-state index in [1.807, 2.05) is 35.9 Å². The maximum Gasteiger partial charge on any atom is 0.153 e. The Morgan fingerprint density at radius 2 is 2.33 bits per heavy atom. The van der Waals surface area contributed by atoms with Crippen LogP contribution in [-0.4, -0.2) is 28.8 Å². The molecular formula is C13H16N2O2S. The van der Waals surface area contributed by atoms with Gasteiger partial charge in [0.15, 0.2) is 9.84 Å². The Hall–Kier alpha value is -1.36. The average molecular weight is 264 g/mol. The molecule has 4 nitrogen and oxygen atoms in total. The van der Waals surface area contributed by atoms with Gasteiger partial charge in [0.1, 0.15) is 5.82 Å². The molecule has 0 bridgehead atoms.